The molecule has 0 aliphatic rings. The first kappa shape index (κ1) is 13.9. The van der Waals surface area contributed by atoms with E-state index in [9.17, 15) is 4.79 Å². The molecule has 0 aliphatic carbocycles. The lowest BCUT2D eigenvalue weighted by atomic mass is 10.3. The first-order valence-electron chi connectivity index (χ1n) is 5.71. The molecule has 1 rings (SSSR count). The van der Waals surface area contributed by atoms with Gasteiger partial charge in [-0.2, -0.15) is 0 Å². The summed E-state index contributed by atoms with van der Waals surface area (Å²) in [5, 5.41) is 0. The van der Waals surface area contributed by atoms with Crippen molar-refractivity contribution in [1.29, 1.82) is 0 Å². The van der Waals surface area contributed by atoms with Gasteiger partial charge in [0.05, 0.1) is 6.61 Å². The fourth-order valence-electron chi connectivity index (χ4n) is 1.15. The smallest absolute Gasteiger partial charge is 0.303 e. The number of ether oxygens (including phenoxy) is 2. The first-order valence-corrected chi connectivity index (χ1v) is 6.70. The largest absolute Gasteiger partial charge is 0.494 e. The van der Waals surface area contributed by atoms with Crippen molar-refractivity contribution in [2.24, 2.45) is 0 Å². The van der Waals surface area contributed by atoms with Gasteiger partial charge in [-0.3, -0.25) is 4.79 Å². The summed E-state index contributed by atoms with van der Waals surface area (Å²) in [6.45, 7) is 4.31. The van der Waals surface area contributed by atoms with Crippen LogP contribution in [0.25, 0.3) is 0 Å². The molecule has 0 heterocycles. The van der Waals surface area contributed by atoms with Gasteiger partial charge in [0.1, 0.15) is 11.7 Å². The van der Waals surface area contributed by atoms with Crippen LogP contribution in [0.15, 0.2) is 29.2 Å². The molecule has 0 atom stereocenters. The van der Waals surface area contributed by atoms with Gasteiger partial charge in [0.25, 0.3) is 0 Å². The predicted molar refractivity (Wildman–Crippen MR) is 69.3 cm³/mol. The van der Waals surface area contributed by atoms with Crippen LogP contribution in [0.5, 0.6) is 5.75 Å². The van der Waals surface area contributed by atoms with Gasteiger partial charge in [0.15, 0.2) is 0 Å². The van der Waals surface area contributed by atoms with E-state index in [1.54, 1.807) is 0 Å². The summed E-state index contributed by atoms with van der Waals surface area (Å²) in [4.78, 5) is 11.6. The molecule has 0 saturated carbocycles. The molecule has 0 aliphatic heterocycles. The summed E-state index contributed by atoms with van der Waals surface area (Å²) in [5.41, 5.74) is 0. The van der Waals surface area contributed by atoms with Crippen molar-refractivity contribution in [2.45, 2.75) is 31.6 Å². The van der Waals surface area contributed by atoms with Crippen molar-refractivity contribution in [3.05, 3.63) is 24.3 Å². The fourth-order valence-corrected chi connectivity index (χ4v) is 1.84. The van der Waals surface area contributed by atoms with Crippen molar-refractivity contribution in [1.82, 2.24) is 0 Å². The Morgan fingerprint density at radius 3 is 2.59 bits per heavy atom. The number of thioether (sulfide) groups is 1. The highest BCUT2D eigenvalue weighted by Crippen LogP contribution is 2.21. The van der Waals surface area contributed by atoms with Crippen LogP contribution in [0.4, 0.5) is 0 Å². The second kappa shape index (κ2) is 8.01. The van der Waals surface area contributed by atoms with Gasteiger partial charge in [-0.05, 0) is 30.7 Å². The molecule has 0 fully saturated rings. The van der Waals surface area contributed by atoms with Crippen LogP contribution >= 0.6 is 11.8 Å². The van der Waals surface area contributed by atoms with Crippen LogP contribution in [0.2, 0.25) is 0 Å². The Bertz CT molecular complexity index is 335. The zero-order chi connectivity index (χ0) is 12.5. The van der Waals surface area contributed by atoms with E-state index >= 15 is 0 Å². The molecule has 0 unspecified atom stereocenters. The topological polar surface area (TPSA) is 35.5 Å². The number of benzene rings is 1. The number of hydrogen-bond acceptors (Lipinski definition) is 4. The number of esters is 1. The Labute approximate surface area is 106 Å². The zero-order valence-corrected chi connectivity index (χ0v) is 11.1. The Morgan fingerprint density at radius 2 is 2.00 bits per heavy atom. The Kier molecular flexibility index (Phi) is 6.55. The highest BCUT2D eigenvalue weighted by molar-refractivity contribution is 7.99. The fraction of sp³-hybridized carbons (Fsp3) is 0.462. The van der Waals surface area contributed by atoms with Crippen LogP contribution in [-0.4, -0.2) is 18.5 Å². The molecule has 17 heavy (non-hydrogen) atoms. The Balaban J connectivity index is 2.31. The summed E-state index contributed by atoms with van der Waals surface area (Å²) in [7, 11) is 0. The molecule has 3 nitrogen and oxygen atoms in total. The minimum absolute atomic E-state index is 0.253. The van der Waals surface area contributed by atoms with E-state index < -0.39 is 0 Å². The van der Waals surface area contributed by atoms with Crippen LogP contribution in [0.1, 0.15) is 26.7 Å². The third-order valence-corrected chi connectivity index (χ3v) is 2.92. The van der Waals surface area contributed by atoms with Crippen molar-refractivity contribution < 1.29 is 14.3 Å². The molecule has 4 heteroatoms. The lowest BCUT2D eigenvalue weighted by molar-refractivity contribution is -0.138. The Hall–Kier alpha value is -1.16. The minimum atomic E-state index is -0.253. The molecule has 0 N–H and O–H groups in total. The van der Waals surface area contributed by atoms with Gasteiger partial charge < -0.3 is 9.47 Å². The van der Waals surface area contributed by atoms with Crippen LogP contribution in [-0.2, 0) is 9.53 Å². The normalized spacial score (nSPS) is 10.0. The van der Waals surface area contributed by atoms with Crippen molar-refractivity contribution in [2.75, 3.05) is 12.5 Å². The molecule has 94 valence electrons. The van der Waals surface area contributed by atoms with E-state index in [1.165, 1.54) is 18.7 Å². The molecule has 1 aromatic rings. The third kappa shape index (κ3) is 6.22. The lowest BCUT2D eigenvalue weighted by Gasteiger charge is -2.06. The third-order valence-electron chi connectivity index (χ3n) is 2.08. The number of carbonyl (C=O) groups is 1. The summed E-state index contributed by atoms with van der Waals surface area (Å²) in [5.74, 6) is 0.984. The SMILES string of the molecule is CCCCOc1ccc(SCOC(C)=O)cc1. The monoisotopic (exact) mass is 254 g/mol. The van der Waals surface area contributed by atoms with Gasteiger partial charge in [0, 0.05) is 11.8 Å². The zero-order valence-electron chi connectivity index (χ0n) is 10.3. The minimum Gasteiger partial charge on any atom is -0.494 e. The second-order valence-corrected chi connectivity index (χ2v) is 4.57. The van der Waals surface area contributed by atoms with Gasteiger partial charge in [-0.25, -0.2) is 0 Å². The van der Waals surface area contributed by atoms with Gasteiger partial charge in [0.2, 0.25) is 0 Å². The first-order chi connectivity index (χ1) is 8.22. The quantitative estimate of drug-likeness (QED) is 0.323. The van der Waals surface area contributed by atoms with Gasteiger partial charge in [-0.1, -0.05) is 25.1 Å². The highest BCUT2D eigenvalue weighted by Gasteiger charge is 1.98. The van der Waals surface area contributed by atoms with E-state index in [0.717, 1.165) is 30.1 Å². The maximum absolute atomic E-state index is 10.6. The molecule has 0 spiro atoms. The molecule has 0 bridgehead atoms. The summed E-state index contributed by atoms with van der Waals surface area (Å²) >= 11 is 1.49. The van der Waals surface area contributed by atoms with Crippen LogP contribution < -0.4 is 4.74 Å². The second-order valence-electron chi connectivity index (χ2n) is 3.57. The van der Waals surface area contributed by atoms with E-state index in [2.05, 4.69) is 6.92 Å². The molecular formula is C13H18O3S. The van der Waals surface area contributed by atoms with Crippen molar-refractivity contribution in [3.63, 3.8) is 0 Å². The van der Waals surface area contributed by atoms with Gasteiger partial charge in [-0.15, -0.1) is 0 Å². The van der Waals surface area contributed by atoms with Crippen LogP contribution in [0.3, 0.4) is 0 Å². The van der Waals surface area contributed by atoms with Crippen molar-refractivity contribution >= 4 is 17.7 Å². The average molecular weight is 254 g/mol. The maximum atomic E-state index is 10.6. The van der Waals surface area contributed by atoms with Crippen LogP contribution in [0, 0.1) is 0 Å². The van der Waals surface area contributed by atoms with E-state index in [-0.39, 0.29) is 5.97 Å². The molecule has 0 saturated heterocycles. The summed E-state index contributed by atoms with van der Waals surface area (Å²) in [6, 6.07) is 7.81. The molecular weight excluding hydrogens is 236 g/mol. The van der Waals surface area contributed by atoms with E-state index in [4.69, 9.17) is 9.47 Å². The maximum Gasteiger partial charge on any atom is 0.303 e. The van der Waals surface area contributed by atoms with E-state index in [0.29, 0.717) is 5.94 Å². The summed E-state index contributed by atoms with van der Waals surface area (Å²) in [6.07, 6.45) is 2.21. The highest BCUT2D eigenvalue weighted by atomic mass is 32.2. The number of carbonyl (C=O) groups excluding carboxylic acids is 1. The number of unbranched alkanes of at least 4 members (excludes halogenated alkanes) is 1. The standard InChI is InChI=1S/C13H18O3S/c1-3-4-9-15-12-5-7-13(8-6-12)17-10-16-11(2)14/h5-8H,3-4,9-10H2,1-2H3. The summed E-state index contributed by atoms with van der Waals surface area (Å²) < 4.78 is 10.4. The predicted octanol–water partition coefficient (Wildman–Crippen LogP) is 3.48. The lowest BCUT2D eigenvalue weighted by Crippen LogP contribution is -1.97. The Morgan fingerprint density at radius 1 is 1.29 bits per heavy atom. The van der Waals surface area contributed by atoms with Gasteiger partial charge >= 0.3 is 5.97 Å². The number of hydrogen-bond donors (Lipinski definition) is 0. The molecule has 0 radical (unpaired) electrons. The average Bonchev–Trinajstić information content (AvgIpc) is 2.31. The molecule has 1 aromatic carbocycles. The molecule has 0 aromatic heterocycles. The van der Waals surface area contributed by atoms with E-state index in [1.807, 2.05) is 24.3 Å². The van der Waals surface area contributed by atoms with Crippen molar-refractivity contribution in [3.8, 4) is 5.75 Å². The molecule has 0 amide bonds. The number of rotatable bonds is 7.